The second kappa shape index (κ2) is 5.30. The summed E-state index contributed by atoms with van der Waals surface area (Å²) >= 11 is 0. The quantitative estimate of drug-likeness (QED) is 0.803. The van der Waals surface area contributed by atoms with Gasteiger partial charge in [0.2, 0.25) is 0 Å². The lowest BCUT2D eigenvalue weighted by Gasteiger charge is -2.14. The maximum atomic E-state index is 12.6. The van der Waals surface area contributed by atoms with Gasteiger partial charge in [0.25, 0.3) is 5.56 Å². The van der Waals surface area contributed by atoms with Crippen LogP contribution in [0.4, 0.5) is 0 Å². The highest BCUT2D eigenvalue weighted by molar-refractivity contribution is 5.95. The largest absolute Gasteiger partial charge is 0.323 e. The third-order valence-corrected chi connectivity index (χ3v) is 4.15. The number of aromatic nitrogens is 2. The molecular formula is C18H17N3O. The lowest BCUT2D eigenvalue weighted by Crippen LogP contribution is -2.30. The lowest BCUT2D eigenvalue weighted by molar-refractivity contribution is 0.749. The summed E-state index contributed by atoms with van der Waals surface area (Å²) < 4.78 is 1.62. The Labute approximate surface area is 128 Å². The molecule has 0 radical (unpaired) electrons. The van der Waals surface area contributed by atoms with E-state index in [2.05, 4.69) is 22.5 Å². The Kier molecular flexibility index (Phi) is 3.15. The van der Waals surface area contributed by atoms with Gasteiger partial charge in [0.1, 0.15) is 0 Å². The number of pyridine rings is 2. The first-order chi connectivity index (χ1) is 10.8. The van der Waals surface area contributed by atoms with Crippen LogP contribution in [0.5, 0.6) is 0 Å². The second-order valence-corrected chi connectivity index (χ2v) is 5.81. The van der Waals surface area contributed by atoms with Gasteiger partial charge in [-0.15, -0.1) is 0 Å². The molecule has 4 rings (SSSR count). The van der Waals surface area contributed by atoms with E-state index in [1.807, 2.05) is 30.5 Å². The summed E-state index contributed by atoms with van der Waals surface area (Å²) in [6.45, 7) is 0.847. The van der Waals surface area contributed by atoms with Crippen LogP contribution in [0.3, 0.4) is 0 Å². The molecule has 1 fully saturated rings. The van der Waals surface area contributed by atoms with Gasteiger partial charge in [-0.05, 0) is 35.8 Å². The molecule has 2 heterocycles. The summed E-state index contributed by atoms with van der Waals surface area (Å²) in [5, 5.41) is 1.59. The van der Waals surface area contributed by atoms with Crippen LogP contribution in [0.15, 0.2) is 59.8 Å². The molecule has 110 valence electrons. The maximum Gasteiger partial charge on any atom is 0.278 e. The topological polar surface area (TPSA) is 46.9 Å². The van der Waals surface area contributed by atoms with Gasteiger partial charge in [0.15, 0.2) is 0 Å². The summed E-state index contributed by atoms with van der Waals surface area (Å²) in [6, 6.07) is 12.0. The van der Waals surface area contributed by atoms with Gasteiger partial charge in [0, 0.05) is 30.7 Å². The second-order valence-electron chi connectivity index (χ2n) is 5.81. The average Bonchev–Trinajstić information content (AvgIpc) is 3.40. The van der Waals surface area contributed by atoms with Crippen molar-refractivity contribution in [3.05, 3.63) is 65.3 Å². The highest BCUT2D eigenvalue weighted by Crippen LogP contribution is 2.28. The number of hydrogen-bond acceptors (Lipinski definition) is 3. The van der Waals surface area contributed by atoms with Gasteiger partial charge in [-0.3, -0.25) is 9.78 Å². The predicted molar refractivity (Wildman–Crippen MR) is 88.4 cm³/mol. The predicted octanol–water partition coefficient (Wildman–Crippen LogP) is 3.02. The van der Waals surface area contributed by atoms with Crippen molar-refractivity contribution in [3.8, 4) is 11.1 Å². The lowest BCUT2D eigenvalue weighted by atomic mass is 10.0. The first-order valence-corrected chi connectivity index (χ1v) is 7.61. The molecule has 1 aliphatic rings. The third kappa shape index (κ3) is 2.37. The van der Waals surface area contributed by atoms with Gasteiger partial charge in [0.05, 0.1) is 5.39 Å². The van der Waals surface area contributed by atoms with Crippen molar-refractivity contribution in [1.29, 1.82) is 0 Å². The van der Waals surface area contributed by atoms with E-state index >= 15 is 0 Å². The van der Waals surface area contributed by atoms with Gasteiger partial charge in [-0.2, -0.15) is 0 Å². The number of benzene rings is 1. The fourth-order valence-electron chi connectivity index (χ4n) is 2.70. The van der Waals surface area contributed by atoms with Crippen LogP contribution >= 0.6 is 0 Å². The Bertz CT molecular complexity index is 866. The number of hydrogen-bond donors (Lipinski definition) is 1. The van der Waals surface area contributed by atoms with E-state index in [1.165, 1.54) is 12.8 Å². The van der Waals surface area contributed by atoms with Crippen LogP contribution in [0.25, 0.3) is 21.9 Å². The zero-order valence-electron chi connectivity index (χ0n) is 12.2. The molecule has 1 aromatic carbocycles. The minimum Gasteiger partial charge on any atom is -0.323 e. The van der Waals surface area contributed by atoms with Crippen molar-refractivity contribution in [2.45, 2.75) is 12.8 Å². The molecule has 0 unspecified atom stereocenters. The van der Waals surface area contributed by atoms with Crippen LogP contribution < -0.4 is 11.0 Å². The van der Waals surface area contributed by atoms with Crippen LogP contribution in [-0.4, -0.2) is 16.2 Å². The van der Waals surface area contributed by atoms with Crippen molar-refractivity contribution in [3.63, 3.8) is 0 Å². The molecule has 3 aromatic rings. The van der Waals surface area contributed by atoms with E-state index in [0.29, 0.717) is 11.3 Å². The number of nitrogens with zero attached hydrogens (tertiary/aromatic N) is 2. The minimum absolute atomic E-state index is 0.0385. The van der Waals surface area contributed by atoms with E-state index in [9.17, 15) is 4.79 Å². The zero-order chi connectivity index (χ0) is 14.9. The van der Waals surface area contributed by atoms with Gasteiger partial charge in [-0.25, -0.2) is 4.68 Å². The summed E-state index contributed by atoms with van der Waals surface area (Å²) in [4.78, 5) is 16.7. The van der Waals surface area contributed by atoms with E-state index in [0.717, 1.165) is 23.1 Å². The maximum absolute atomic E-state index is 12.6. The van der Waals surface area contributed by atoms with Crippen molar-refractivity contribution in [2.75, 3.05) is 12.0 Å². The fraction of sp³-hybridized carbons (Fsp3) is 0.222. The van der Waals surface area contributed by atoms with Crippen molar-refractivity contribution in [2.24, 2.45) is 5.92 Å². The first-order valence-electron chi connectivity index (χ1n) is 7.61. The number of fused-ring (bicyclic) bond motifs is 1. The summed E-state index contributed by atoms with van der Waals surface area (Å²) in [6.07, 6.45) is 7.79. The smallest absolute Gasteiger partial charge is 0.278 e. The van der Waals surface area contributed by atoms with E-state index in [1.54, 1.807) is 17.1 Å². The molecule has 0 atom stereocenters. The van der Waals surface area contributed by atoms with Crippen LogP contribution in [0, 0.1) is 5.92 Å². The summed E-state index contributed by atoms with van der Waals surface area (Å²) in [5.74, 6) is 0.705. The molecule has 1 aliphatic carbocycles. The molecule has 2 aromatic heterocycles. The Morgan fingerprint density at radius 1 is 1.14 bits per heavy atom. The van der Waals surface area contributed by atoms with Gasteiger partial charge in [-0.1, -0.05) is 30.3 Å². The highest BCUT2D eigenvalue weighted by atomic mass is 16.1. The molecule has 4 nitrogen and oxygen atoms in total. The molecule has 1 N–H and O–H groups in total. The Morgan fingerprint density at radius 2 is 1.95 bits per heavy atom. The summed E-state index contributed by atoms with van der Waals surface area (Å²) in [7, 11) is 0. The number of nitrogens with one attached hydrogen (secondary N) is 1. The molecule has 0 bridgehead atoms. The molecule has 22 heavy (non-hydrogen) atoms. The first kappa shape index (κ1) is 13.1. The molecular weight excluding hydrogens is 274 g/mol. The SMILES string of the molecule is O=c1c2cnccc2c(-c2ccccc2)cn1NCC1CC1. The molecule has 1 saturated carbocycles. The minimum atomic E-state index is -0.0385. The third-order valence-electron chi connectivity index (χ3n) is 4.15. The zero-order valence-corrected chi connectivity index (χ0v) is 12.2. The van der Waals surface area contributed by atoms with E-state index < -0.39 is 0 Å². The van der Waals surface area contributed by atoms with Crippen LogP contribution in [0.2, 0.25) is 0 Å². The summed E-state index contributed by atoms with van der Waals surface area (Å²) in [5.41, 5.74) is 5.36. The molecule has 0 aliphatic heterocycles. The Balaban J connectivity index is 1.89. The van der Waals surface area contributed by atoms with Crippen LogP contribution in [0.1, 0.15) is 12.8 Å². The average molecular weight is 291 g/mol. The van der Waals surface area contributed by atoms with Crippen LogP contribution in [-0.2, 0) is 0 Å². The normalized spacial score (nSPS) is 14.2. The Morgan fingerprint density at radius 3 is 2.73 bits per heavy atom. The van der Waals surface area contributed by atoms with Crippen molar-refractivity contribution < 1.29 is 0 Å². The number of rotatable bonds is 4. The molecule has 4 heteroatoms. The molecule has 0 spiro atoms. The Hall–Kier alpha value is -2.62. The molecule has 0 amide bonds. The van der Waals surface area contributed by atoms with Crippen molar-refractivity contribution in [1.82, 2.24) is 9.66 Å². The standard InChI is InChI=1S/C18H17N3O/c22-18-16-11-19-9-8-15(16)17(14-4-2-1-3-5-14)12-21(18)20-10-13-6-7-13/h1-5,8-9,11-13,20H,6-7,10H2. The van der Waals surface area contributed by atoms with Crippen molar-refractivity contribution >= 4 is 10.8 Å². The van der Waals surface area contributed by atoms with E-state index in [-0.39, 0.29) is 5.56 Å². The van der Waals surface area contributed by atoms with Gasteiger partial charge >= 0.3 is 0 Å². The van der Waals surface area contributed by atoms with Gasteiger partial charge < -0.3 is 5.43 Å². The van der Waals surface area contributed by atoms with E-state index in [4.69, 9.17) is 0 Å². The highest BCUT2D eigenvalue weighted by Gasteiger charge is 2.21. The monoisotopic (exact) mass is 291 g/mol. The molecule has 0 saturated heterocycles. The fourth-order valence-corrected chi connectivity index (χ4v) is 2.70.